The van der Waals surface area contributed by atoms with Crippen LogP contribution in [0.3, 0.4) is 0 Å². The van der Waals surface area contributed by atoms with Crippen LogP contribution in [-0.2, 0) is 17.8 Å². The third-order valence-electron chi connectivity index (χ3n) is 3.56. The highest BCUT2D eigenvalue weighted by molar-refractivity contribution is 7.15. The summed E-state index contributed by atoms with van der Waals surface area (Å²) < 4.78 is 11.2. The molecule has 2 aromatic heterocycles. The Kier molecular flexibility index (Phi) is 6.48. The molecule has 1 N–H and O–H groups in total. The zero-order valence-corrected chi connectivity index (χ0v) is 16.7. The molecular weight excluding hydrogens is 382 g/mol. The van der Waals surface area contributed by atoms with E-state index in [9.17, 15) is 4.79 Å². The highest BCUT2D eigenvalue weighted by Crippen LogP contribution is 2.31. The van der Waals surface area contributed by atoms with Gasteiger partial charge in [0.1, 0.15) is 11.6 Å². The number of rotatable bonds is 9. The highest BCUT2D eigenvalue weighted by atomic mass is 32.1. The van der Waals surface area contributed by atoms with Gasteiger partial charge in [0.2, 0.25) is 16.9 Å². The van der Waals surface area contributed by atoms with Gasteiger partial charge in [0, 0.05) is 5.56 Å². The maximum Gasteiger partial charge on any atom is 0.249 e. The molecule has 148 valence electrons. The Hall–Kier alpha value is -3.08. The zero-order valence-electron chi connectivity index (χ0n) is 15.9. The fourth-order valence-electron chi connectivity index (χ4n) is 2.35. The van der Waals surface area contributed by atoms with Gasteiger partial charge in [0.05, 0.1) is 13.2 Å². The molecule has 0 fully saturated rings. The predicted molar refractivity (Wildman–Crippen MR) is 104 cm³/mol. The first kappa shape index (κ1) is 19.7. The number of anilines is 1. The lowest BCUT2D eigenvalue weighted by Crippen LogP contribution is -2.20. The Labute approximate surface area is 165 Å². The van der Waals surface area contributed by atoms with E-state index in [-0.39, 0.29) is 12.5 Å². The zero-order chi connectivity index (χ0) is 19.9. The van der Waals surface area contributed by atoms with Crippen LogP contribution in [0.15, 0.2) is 18.2 Å². The summed E-state index contributed by atoms with van der Waals surface area (Å²) in [4.78, 5) is 13.4. The van der Waals surface area contributed by atoms with Gasteiger partial charge >= 0.3 is 0 Å². The lowest BCUT2D eigenvalue weighted by Gasteiger charge is -2.11. The monoisotopic (exact) mass is 403 g/mol. The van der Waals surface area contributed by atoms with Crippen LogP contribution in [0.5, 0.6) is 11.5 Å². The van der Waals surface area contributed by atoms with Gasteiger partial charge in [-0.1, -0.05) is 18.3 Å². The second-order valence-electron chi connectivity index (χ2n) is 5.57. The maximum atomic E-state index is 12.1. The Morgan fingerprint density at radius 1 is 1.11 bits per heavy atom. The highest BCUT2D eigenvalue weighted by Gasteiger charge is 2.14. The van der Waals surface area contributed by atoms with Gasteiger partial charge in [-0.3, -0.25) is 10.1 Å². The summed E-state index contributed by atoms with van der Waals surface area (Å²) in [6.07, 6.45) is 0.771. The van der Waals surface area contributed by atoms with Crippen LogP contribution < -0.4 is 14.8 Å². The fourth-order valence-corrected chi connectivity index (χ4v) is 3.05. The number of nitrogens with one attached hydrogen (secondary N) is 1. The average Bonchev–Trinajstić information content (AvgIpc) is 3.33. The van der Waals surface area contributed by atoms with Crippen LogP contribution in [0.2, 0.25) is 0 Å². The Morgan fingerprint density at radius 3 is 2.61 bits per heavy atom. The summed E-state index contributed by atoms with van der Waals surface area (Å²) in [5.41, 5.74) is 0.718. The number of carbonyl (C=O) groups is 1. The number of benzene rings is 1. The van der Waals surface area contributed by atoms with E-state index in [1.165, 1.54) is 16.1 Å². The van der Waals surface area contributed by atoms with E-state index in [1.54, 1.807) is 12.1 Å². The van der Waals surface area contributed by atoms with Crippen molar-refractivity contribution in [1.29, 1.82) is 0 Å². The molecule has 0 bridgehead atoms. The van der Waals surface area contributed by atoms with Crippen LogP contribution >= 0.6 is 11.3 Å². The average molecular weight is 403 g/mol. The van der Waals surface area contributed by atoms with Crippen LogP contribution in [0.1, 0.15) is 25.8 Å². The molecule has 0 unspecified atom stereocenters. The summed E-state index contributed by atoms with van der Waals surface area (Å²) in [5.74, 6) is 1.35. The number of tetrazole rings is 1. The van der Waals surface area contributed by atoms with E-state index in [1.807, 2.05) is 26.8 Å². The normalized spacial score (nSPS) is 10.7. The van der Waals surface area contributed by atoms with Gasteiger partial charge in [-0.2, -0.15) is 4.80 Å². The number of ether oxygens (including phenoxy) is 2. The summed E-state index contributed by atoms with van der Waals surface area (Å²) in [5, 5.41) is 24.1. The SMILES string of the molecule is CCOc1ccc(-c2nnn(CC(=O)Nc3nnc(CC)s3)n2)cc1OCC. The first-order chi connectivity index (χ1) is 13.6. The van der Waals surface area contributed by atoms with Crippen molar-refractivity contribution >= 4 is 22.4 Å². The number of nitrogens with zero attached hydrogens (tertiary/aromatic N) is 6. The van der Waals surface area contributed by atoms with Crippen LogP contribution in [0.4, 0.5) is 5.13 Å². The molecular formula is C17H21N7O3S. The first-order valence-corrected chi connectivity index (χ1v) is 9.74. The predicted octanol–water partition coefficient (Wildman–Crippen LogP) is 2.19. The molecule has 10 nitrogen and oxygen atoms in total. The quantitative estimate of drug-likeness (QED) is 0.578. The number of aromatic nitrogens is 6. The minimum absolute atomic E-state index is 0.0800. The smallest absolute Gasteiger partial charge is 0.249 e. The van der Waals surface area contributed by atoms with Crippen molar-refractivity contribution in [2.24, 2.45) is 0 Å². The molecule has 1 aromatic carbocycles. The van der Waals surface area contributed by atoms with Gasteiger partial charge in [0.25, 0.3) is 0 Å². The van der Waals surface area contributed by atoms with E-state index in [4.69, 9.17) is 9.47 Å². The van der Waals surface area contributed by atoms with Gasteiger partial charge in [-0.25, -0.2) is 0 Å². The minimum Gasteiger partial charge on any atom is -0.490 e. The molecule has 0 aliphatic rings. The summed E-state index contributed by atoms with van der Waals surface area (Å²) in [6, 6.07) is 5.42. The van der Waals surface area contributed by atoms with E-state index >= 15 is 0 Å². The third-order valence-corrected chi connectivity index (χ3v) is 4.54. The van der Waals surface area contributed by atoms with E-state index in [2.05, 4.69) is 30.9 Å². The van der Waals surface area contributed by atoms with Crippen molar-refractivity contribution in [1.82, 2.24) is 30.4 Å². The molecule has 0 aliphatic carbocycles. The van der Waals surface area contributed by atoms with E-state index < -0.39 is 0 Å². The van der Waals surface area contributed by atoms with Crippen molar-refractivity contribution < 1.29 is 14.3 Å². The second-order valence-corrected chi connectivity index (χ2v) is 6.64. The number of hydrogen-bond acceptors (Lipinski definition) is 9. The molecule has 0 aliphatic heterocycles. The van der Waals surface area contributed by atoms with Crippen LogP contribution in [0, 0.1) is 0 Å². The molecule has 0 saturated heterocycles. The lowest BCUT2D eigenvalue weighted by atomic mass is 10.2. The molecule has 11 heteroatoms. The largest absolute Gasteiger partial charge is 0.490 e. The molecule has 28 heavy (non-hydrogen) atoms. The van der Waals surface area contributed by atoms with E-state index in [0.29, 0.717) is 35.7 Å². The van der Waals surface area contributed by atoms with Gasteiger partial charge < -0.3 is 9.47 Å². The van der Waals surface area contributed by atoms with Crippen molar-refractivity contribution in [3.8, 4) is 22.9 Å². The Balaban J connectivity index is 1.69. The maximum absolute atomic E-state index is 12.1. The molecule has 0 atom stereocenters. The van der Waals surface area contributed by atoms with Gasteiger partial charge in [0.15, 0.2) is 11.5 Å². The molecule has 0 spiro atoms. The Morgan fingerprint density at radius 2 is 1.89 bits per heavy atom. The van der Waals surface area contributed by atoms with Crippen LogP contribution in [0.25, 0.3) is 11.4 Å². The topological polar surface area (TPSA) is 117 Å². The number of aryl methyl sites for hydroxylation is 1. The number of carbonyl (C=O) groups excluding carboxylic acids is 1. The standard InChI is InChI=1S/C17H21N7O3S/c1-4-15-19-21-17(28-15)18-14(25)10-24-22-16(20-23-24)11-7-8-12(26-5-2)13(9-11)27-6-3/h7-9H,4-6,10H2,1-3H3,(H,18,21,25). The lowest BCUT2D eigenvalue weighted by molar-refractivity contribution is -0.117. The first-order valence-electron chi connectivity index (χ1n) is 8.93. The van der Waals surface area contributed by atoms with Gasteiger partial charge in [-0.05, 0) is 43.7 Å². The van der Waals surface area contributed by atoms with Crippen molar-refractivity contribution in [3.63, 3.8) is 0 Å². The summed E-state index contributed by atoms with van der Waals surface area (Å²) in [6.45, 7) is 6.75. The van der Waals surface area contributed by atoms with Crippen LogP contribution in [-0.4, -0.2) is 49.5 Å². The molecule has 1 amide bonds. The second kappa shape index (κ2) is 9.22. The van der Waals surface area contributed by atoms with E-state index in [0.717, 1.165) is 17.0 Å². The van der Waals surface area contributed by atoms with Gasteiger partial charge in [-0.15, -0.1) is 20.4 Å². The molecule has 0 saturated carbocycles. The number of amides is 1. The van der Waals surface area contributed by atoms with Crippen molar-refractivity contribution in [2.45, 2.75) is 33.7 Å². The molecule has 3 rings (SSSR count). The molecule has 2 heterocycles. The molecule has 3 aromatic rings. The van der Waals surface area contributed by atoms with Crippen molar-refractivity contribution in [2.75, 3.05) is 18.5 Å². The Bertz CT molecular complexity index is 940. The summed E-state index contributed by atoms with van der Waals surface area (Å²) >= 11 is 1.34. The van der Waals surface area contributed by atoms with Crippen molar-refractivity contribution in [3.05, 3.63) is 23.2 Å². The minimum atomic E-state index is -0.301. The third kappa shape index (κ3) is 4.80. The molecule has 0 radical (unpaired) electrons. The summed E-state index contributed by atoms with van der Waals surface area (Å²) in [7, 11) is 0. The number of hydrogen-bond donors (Lipinski definition) is 1. The fraction of sp³-hybridized carbons (Fsp3) is 0.412.